The van der Waals surface area contributed by atoms with Crippen LogP contribution in [-0.2, 0) is 0 Å². The minimum absolute atomic E-state index is 0.0288. The van der Waals surface area contributed by atoms with Gasteiger partial charge >= 0.3 is 5.69 Å². The average molecular weight is 391 g/mol. The molecule has 21 heavy (non-hydrogen) atoms. The van der Waals surface area contributed by atoms with Crippen molar-refractivity contribution in [1.29, 1.82) is 0 Å². The number of nitrogens with zero attached hydrogens (tertiary/aromatic N) is 2. The molecule has 0 saturated heterocycles. The Bertz CT molecular complexity index is 740. The number of carbonyl (C=O) groups excluding carboxylic acids is 1. The maximum Gasteiger partial charge on any atom is 0.311 e. The van der Waals surface area contributed by atoms with E-state index in [1.54, 1.807) is 12.1 Å². The van der Waals surface area contributed by atoms with Gasteiger partial charge in [0, 0.05) is 15.6 Å². The molecule has 2 rings (SSSR count). The third-order valence-electron chi connectivity index (χ3n) is 2.44. The standard InChI is InChI=1S/C12H6BrCl2N3O3/c13-8-2-1-6(14)5-7(8)12(19)17-11-9(18(20)21)3-4-10(15)16-11/h1-5H,(H,16,17,19). The van der Waals surface area contributed by atoms with E-state index in [1.165, 1.54) is 12.1 Å². The van der Waals surface area contributed by atoms with Crippen molar-refractivity contribution in [1.82, 2.24) is 4.98 Å². The summed E-state index contributed by atoms with van der Waals surface area (Å²) in [7, 11) is 0. The zero-order valence-corrected chi connectivity index (χ0v) is 13.2. The third kappa shape index (κ3) is 3.69. The maximum atomic E-state index is 12.2. The SMILES string of the molecule is O=C(Nc1nc(Cl)ccc1[N+](=O)[O-])c1cc(Cl)ccc1Br. The second kappa shape index (κ2) is 6.38. The first-order chi connectivity index (χ1) is 9.88. The van der Waals surface area contributed by atoms with Crippen molar-refractivity contribution < 1.29 is 9.72 Å². The fraction of sp³-hybridized carbons (Fsp3) is 0. The minimum Gasteiger partial charge on any atom is -0.301 e. The minimum atomic E-state index is -0.661. The quantitative estimate of drug-likeness (QED) is 0.480. The van der Waals surface area contributed by atoms with E-state index < -0.39 is 10.8 Å². The normalized spacial score (nSPS) is 10.2. The van der Waals surface area contributed by atoms with Gasteiger partial charge in [-0.25, -0.2) is 4.98 Å². The summed E-state index contributed by atoms with van der Waals surface area (Å²) >= 11 is 14.7. The van der Waals surface area contributed by atoms with Crippen molar-refractivity contribution in [2.45, 2.75) is 0 Å². The van der Waals surface area contributed by atoms with Gasteiger partial charge in [-0.1, -0.05) is 23.2 Å². The van der Waals surface area contributed by atoms with Crippen molar-refractivity contribution in [3.63, 3.8) is 0 Å². The number of aromatic nitrogens is 1. The largest absolute Gasteiger partial charge is 0.311 e. The third-order valence-corrected chi connectivity index (χ3v) is 3.58. The summed E-state index contributed by atoms with van der Waals surface area (Å²) in [5.74, 6) is -0.827. The Balaban J connectivity index is 2.38. The molecule has 0 spiro atoms. The zero-order valence-electron chi connectivity index (χ0n) is 10.1. The molecule has 0 aliphatic heterocycles. The Morgan fingerprint density at radius 1 is 1.29 bits per heavy atom. The lowest BCUT2D eigenvalue weighted by Crippen LogP contribution is -2.15. The fourth-order valence-corrected chi connectivity index (χ4v) is 2.26. The number of rotatable bonds is 3. The van der Waals surface area contributed by atoms with Crippen LogP contribution in [0.2, 0.25) is 10.2 Å². The van der Waals surface area contributed by atoms with Crippen molar-refractivity contribution in [2.24, 2.45) is 0 Å². The van der Waals surface area contributed by atoms with E-state index in [0.29, 0.717) is 9.50 Å². The van der Waals surface area contributed by atoms with E-state index in [1.807, 2.05) is 0 Å². The van der Waals surface area contributed by atoms with Crippen molar-refractivity contribution in [3.05, 3.63) is 60.7 Å². The molecule has 9 heteroatoms. The second-order valence-corrected chi connectivity index (χ2v) is 5.52. The highest BCUT2D eigenvalue weighted by Gasteiger charge is 2.20. The van der Waals surface area contributed by atoms with Gasteiger partial charge in [-0.2, -0.15) is 0 Å². The monoisotopic (exact) mass is 389 g/mol. The van der Waals surface area contributed by atoms with E-state index in [-0.39, 0.29) is 22.2 Å². The van der Waals surface area contributed by atoms with Gasteiger partial charge in [-0.15, -0.1) is 0 Å². The highest BCUT2D eigenvalue weighted by Crippen LogP contribution is 2.26. The van der Waals surface area contributed by atoms with Gasteiger partial charge in [0.25, 0.3) is 5.91 Å². The predicted octanol–water partition coefficient (Wildman–Crippen LogP) is 4.31. The number of halogens is 3. The molecule has 0 atom stereocenters. The molecule has 1 amide bonds. The molecular formula is C12H6BrCl2N3O3. The molecule has 108 valence electrons. The van der Waals surface area contributed by atoms with E-state index in [9.17, 15) is 14.9 Å². The number of nitro groups is 1. The molecule has 2 aromatic rings. The number of carbonyl (C=O) groups is 1. The average Bonchev–Trinajstić information content (AvgIpc) is 2.41. The Morgan fingerprint density at radius 3 is 2.67 bits per heavy atom. The lowest BCUT2D eigenvalue weighted by Gasteiger charge is -2.07. The molecule has 1 aromatic carbocycles. The number of amides is 1. The van der Waals surface area contributed by atoms with Crippen molar-refractivity contribution in [3.8, 4) is 0 Å². The summed E-state index contributed by atoms with van der Waals surface area (Å²) in [5, 5.41) is 13.7. The smallest absolute Gasteiger partial charge is 0.301 e. The van der Waals surface area contributed by atoms with Gasteiger partial charge in [0.15, 0.2) is 0 Å². The van der Waals surface area contributed by atoms with Crippen LogP contribution in [0, 0.1) is 10.1 Å². The van der Waals surface area contributed by atoms with Crippen LogP contribution in [0.3, 0.4) is 0 Å². The highest BCUT2D eigenvalue weighted by atomic mass is 79.9. The fourth-order valence-electron chi connectivity index (χ4n) is 1.51. The number of benzene rings is 1. The molecular weight excluding hydrogens is 385 g/mol. The molecule has 0 saturated carbocycles. The van der Waals surface area contributed by atoms with E-state index >= 15 is 0 Å². The van der Waals surface area contributed by atoms with Gasteiger partial charge in [0.2, 0.25) is 5.82 Å². The molecule has 0 unspecified atom stereocenters. The van der Waals surface area contributed by atoms with Crippen molar-refractivity contribution >= 4 is 56.5 Å². The van der Waals surface area contributed by atoms with Crippen LogP contribution < -0.4 is 5.32 Å². The molecule has 0 aliphatic carbocycles. The highest BCUT2D eigenvalue weighted by molar-refractivity contribution is 9.10. The van der Waals surface area contributed by atoms with Crippen molar-refractivity contribution in [2.75, 3.05) is 5.32 Å². The van der Waals surface area contributed by atoms with Crippen LogP contribution in [0.15, 0.2) is 34.8 Å². The number of hydrogen-bond donors (Lipinski definition) is 1. The maximum absolute atomic E-state index is 12.2. The van der Waals surface area contributed by atoms with Crippen LogP contribution in [0.5, 0.6) is 0 Å². The summed E-state index contributed by atoms with van der Waals surface area (Å²) in [4.78, 5) is 26.2. The van der Waals surface area contributed by atoms with Gasteiger partial charge < -0.3 is 5.32 Å². The van der Waals surface area contributed by atoms with Crippen LogP contribution in [-0.4, -0.2) is 15.8 Å². The lowest BCUT2D eigenvalue weighted by molar-refractivity contribution is -0.384. The molecule has 0 fully saturated rings. The number of pyridine rings is 1. The summed E-state index contributed by atoms with van der Waals surface area (Å²) in [6.45, 7) is 0. The second-order valence-electron chi connectivity index (χ2n) is 3.84. The molecule has 6 nitrogen and oxygen atoms in total. The van der Waals surface area contributed by atoms with Gasteiger partial charge in [-0.3, -0.25) is 14.9 Å². The molecule has 0 radical (unpaired) electrons. The summed E-state index contributed by atoms with van der Waals surface area (Å²) in [5.41, 5.74) is -0.135. The zero-order chi connectivity index (χ0) is 15.6. The first kappa shape index (κ1) is 15.7. The van der Waals surface area contributed by atoms with Gasteiger partial charge in [0.1, 0.15) is 5.15 Å². The molecule has 1 aromatic heterocycles. The Kier molecular flexibility index (Phi) is 4.76. The predicted molar refractivity (Wildman–Crippen MR) is 83.0 cm³/mol. The van der Waals surface area contributed by atoms with E-state index in [4.69, 9.17) is 23.2 Å². The summed E-state index contributed by atoms with van der Waals surface area (Å²) in [6.07, 6.45) is 0. The van der Waals surface area contributed by atoms with E-state index in [2.05, 4.69) is 26.2 Å². The topological polar surface area (TPSA) is 85.1 Å². The number of hydrogen-bond acceptors (Lipinski definition) is 4. The molecule has 0 bridgehead atoms. The van der Waals surface area contributed by atoms with Gasteiger partial charge in [0.05, 0.1) is 10.5 Å². The number of nitrogens with one attached hydrogen (secondary N) is 1. The molecule has 1 N–H and O–H groups in total. The van der Waals surface area contributed by atoms with Crippen LogP contribution in [0.25, 0.3) is 0 Å². The Morgan fingerprint density at radius 2 is 2.00 bits per heavy atom. The van der Waals surface area contributed by atoms with Crippen LogP contribution in [0.4, 0.5) is 11.5 Å². The van der Waals surface area contributed by atoms with Crippen LogP contribution >= 0.6 is 39.1 Å². The summed E-state index contributed by atoms with van der Waals surface area (Å²) < 4.78 is 0.495. The molecule has 0 aliphatic rings. The number of anilines is 1. The lowest BCUT2D eigenvalue weighted by atomic mass is 10.2. The van der Waals surface area contributed by atoms with Crippen LogP contribution in [0.1, 0.15) is 10.4 Å². The first-order valence-electron chi connectivity index (χ1n) is 5.46. The summed E-state index contributed by atoms with van der Waals surface area (Å²) in [6, 6.07) is 7.06. The Hall–Kier alpha value is -1.70. The first-order valence-corrected chi connectivity index (χ1v) is 7.00. The molecule has 1 heterocycles. The Labute approximate surface area is 137 Å². The van der Waals surface area contributed by atoms with E-state index in [0.717, 1.165) is 6.07 Å². The van der Waals surface area contributed by atoms with Gasteiger partial charge in [-0.05, 0) is 40.2 Å².